The van der Waals surface area contributed by atoms with Crippen molar-refractivity contribution in [2.75, 3.05) is 13.1 Å². The van der Waals surface area contributed by atoms with Crippen molar-refractivity contribution < 1.29 is 10.2 Å². The van der Waals surface area contributed by atoms with Crippen LogP contribution < -0.4 is 5.32 Å². The van der Waals surface area contributed by atoms with Gasteiger partial charge in [0, 0.05) is 13.1 Å². The Morgan fingerprint density at radius 1 is 1.15 bits per heavy atom. The predicted octanol–water partition coefficient (Wildman–Crippen LogP) is 0.754. The molecule has 0 fully saturated rings. The monoisotopic (exact) mass is 189 g/mol. The molecule has 3 heteroatoms. The molecule has 13 heavy (non-hydrogen) atoms. The molecule has 0 amide bonds. The van der Waals surface area contributed by atoms with Crippen LogP contribution in [0.4, 0.5) is 0 Å². The van der Waals surface area contributed by atoms with Gasteiger partial charge in [0.25, 0.3) is 0 Å². The van der Waals surface area contributed by atoms with Crippen LogP contribution in [-0.2, 0) is 0 Å². The van der Waals surface area contributed by atoms with E-state index < -0.39 is 0 Å². The number of aliphatic hydroxyl groups excluding tert-OH is 2. The molecule has 3 nitrogen and oxygen atoms in total. The average Bonchev–Trinajstić information content (AvgIpc) is 1.81. The fourth-order valence-electron chi connectivity index (χ4n) is 1.24. The number of hydrogen-bond acceptors (Lipinski definition) is 3. The van der Waals surface area contributed by atoms with Crippen LogP contribution in [0.2, 0.25) is 0 Å². The summed E-state index contributed by atoms with van der Waals surface area (Å²) in [7, 11) is 0. The topological polar surface area (TPSA) is 52.5 Å². The highest BCUT2D eigenvalue weighted by molar-refractivity contribution is 4.70. The molecule has 0 saturated heterocycles. The van der Waals surface area contributed by atoms with Gasteiger partial charge in [-0.05, 0) is 18.8 Å². The smallest absolute Gasteiger partial charge is 0.0669 e. The Bertz CT molecular complexity index is 129. The molecule has 0 aromatic rings. The molecular formula is C10H23NO2. The van der Waals surface area contributed by atoms with Crippen molar-refractivity contribution in [2.24, 2.45) is 5.41 Å². The fraction of sp³-hybridized carbons (Fsp3) is 1.00. The minimum atomic E-state index is -0.346. The average molecular weight is 189 g/mol. The highest BCUT2D eigenvalue weighted by atomic mass is 16.3. The van der Waals surface area contributed by atoms with E-state index in [4.69, 9.17) is 5.11 Å². The minimum absolute atomic E-state index is 0.159. The van der Waals surface area contributed by atoms with Crippen LogP contribution in [0.3, 0.4) is 0 Å². The van der Waals surface area contributed by atoms with E-state index in [1.165, 1.54) is 0 Å². The Kier molecular flexibility index (Phi) is 5.53. The van der Waals surface area contributed by atoms with Crippen molar-refractivity contribution in [2.45, 2.75) is 46.3 Å². The lowest BCUT2D eigenvalue weighted by molar-refractivity contribution is 0.113. The van der Waals surface area contributed by atoms with E-state index in [2.05, 4.69) is 26.1 Å². The summed E-state index contributed by atoms with van der Waals surface area (Å²) >= 11 is 0. The van der Waals surface area contributed by atoms with Crippen molar-refractivity contribution in [3.63, 3.8) is 0 Å². The molecule has 0 aromatic carbocycles. The van der Waals surface area contributed by atoms with E-state index in [1.54, 1.807) is 6.92 Å². The van der Waals surface area contributed by atoms with Gasteiger partial charge in [0.05, 0.1) is 12.2 Å². The summed E-state index contributed by atoms with van der Waals surface area (Å²) in [6.45, 7) is 9.13. The molecule has 0 aliphatic rings. The summed E-state index contributed by atoms with van der Waals surface area (Å²) in [5, 5.41) is 21.5. The van der Waals surface area contributed by atoms with Gasteiger partial charge in [0.2, 0.25) is 0 Å². The molecule has 80 valence electrons. The van der Waals surface area contributed by atoms with E-state index in [-0.39, 0.29) is 17.6 Å². The molecule has 2 atom stereocenters. The summed E-state index contributed by atoms with van der Waals surface area (Å²) in [5.41, 5.74) is 0.159. The van der Waals surface area contributed by atoms with Crippen LogP contribution in [0.5, 0.6) is 0 Å². The first-order valence-electron chi connectivity index (χ1n) is 4.88. The Hall–Kier alpha value is -0.120. The summed E-state index contributed by atoms with van der Waals surface area (Å²) in [6, 6.07) is 0. The number of rotatable bonds is 5. The largest absolute Gasteiger partial charge is 0.392 e. The lowest BCUT2D eigenvalue weighted by Crippen LogP contribution is -2.33. The first-order chi connectivity index (χ1) is 5.81. The van der Waals surface area contributed by atoms with Gasteiger partial charge in [-0.1, -0.05) is 20.8 Å². The Balaban J connectivity index is 3.46. The Morgan fingerprint density at radius 2 is 1.69 bits per heavy atom. The molecule has 0 saturated carbocycles. The van der Waals surface area contributed by atoms with Gasteiger partial charge in [-0.25, -0.2) is 0 Å². The van der Waals surface area contributed by atoms with Crippen LogP contribution >= 0.6 is 0 Å². The molecule has 3 N–H and O–H groups in total. The summed E-state index contributed by atoms with van der Waals surface area (Å²) in [6.07, 6.45) is 0.111. The van der Waals surface area contributed by atoms with Gasteiger partial charge in [-0.3, -0.25) is 0 Å². The third-order valence-corrected chi connectivity index (χ3v) is 1.67. The van der Waals surface area contributed by atoms with Gasteiger partial charge in [0.15, 0.2) is 0 Å². The van der Waals surface area contributed by atoms with Crippen molar-refractivity contribution in [3.05, 3.63) is 0 Å². The van der Waals surface area contributed by atoms with E-state index in [9.17, 15) is 5.11 Å². The van der Waals surface area contributed by atoms with Gasteiger partial charge in [-0.15, -0.1) is 0 Å². The lowest BCUT2D eigenvalue weighted by atomic mass is 9.89. The number of aliphatic hydroxyl groups is 2. The van der Waals surface area contributed by atoms with Gasteiger partial charge >= 0.3 is 0 Å². The maximum atomic E-state index is 9.55. The van der Waals surface area contributed by atoms with E-state index in [0.717, 1.165) is 6.42 Å². The van der Waals surface area contributed by atoms with Crippen LogP contribution in [0.15, 0.2) is 0 Å². The minimum Gasteiger partial charge on any atom is -0.392 e. The number of nitrogens with one attached hydrogen (secondary N) is 1. The zero-order chi connectivity index (χ0) is 10.5. The highest BCUT2D eigenvalue weighted by Crippen LogP contribution is 2.20. The maximum absolute atomic E-state index is 9.55. The molecule has 0 aliphatic carbocycles. The fourth-order valence-corrected chi connectivity index (χ4v) is 1.24. The first-order valence-corrected chi connectivity index (χ1v) is 4.88. The first kappa shape index (κ1) is 12.9. The van der Waals surface area contributed by atoms with Crippen molar-refractivity contribution in [1.29, 1.82) is 0 Å². The molecular weight excluding hydrogens is 166 g/mol. The van der Waals surface area contributed by atoms with Crippen molar-refractivity contribution >= 4 is 0 Å². The Labute approximate surface area is 81.2 Å². The van der Waals surface area contributed by atoms with Gasteiger partial charge in [-0.2, -0.15) is 0 Å². The molecule has 0 aromatic heterocycles. The maximum Gasteiger partial charge on any atom is 0.0669 e. The molecule has 1 unspecified atom stereocenters. The molecule has 0 heterocycles. The molecule has 0 bridgehead atoms. The second-order valence-electron chi connectivity index (χ2n) is 4.93. The van der Waals surface area contributed by atoms with Crippen molar-refractivity contribution in [3.8, 4) is 0 Å². The van der Waals surface area contributed by atoms with Gasteiger partial charge in [0.1, 0.15) is 0 Å². The SMILES string of the molecule is C[C@H](O)CNCC(O)CC(C)(C)C. The highest BCUT2D eigenvalue weighted by Gasteiger charge is 2.16. The third kappa shape index (κ3) is 9.80. The lowest BCUT2D eigenvalue weighted by Gasteiger charge is -2.22. The Morgan fingerprint density at radius 3 is 2.08 bits per heavy atom. The van der Waals surface area contributed by atoms with Crippen LogP contribution in [-0.4, -0.2) is 35.5 Å². The third-order valence-electron chi connectivity index (χ3n) is 1.67. The van der Waals surface area contributed by atoms with Crippen LogP contribution in [0, 0.1) is 5.41 Å². The van der Waals surface area contributed by atoms with E-state index in [0.29, 0.717) is 13.1 Å². The van der Waals surface area contributed by atoms with E-state index in [1.807, 2.05) is 0 Å². The summed E-state index contributed by atoms with van der Waals surface area (Å²) < 4.78 is 0. The molecule has 0 spiro atoms. The molecule has 0 radical (unpaired) electrons. The van der Waals surface area contributed by atoms with Crippen LogP contribution in [0.25, 0.3) is 0 Å². The zero-order valence-electron chi connectivity index (χ0n) is 9.17. The van der Waals surface area contributed by atoms with Gasteiger partial charge < -0.3 is 15.5 Å². The van der Waals surface area contributed by atoms with E-state index >= 15 is 0 Å². The number of hydrogen-bond donors (Lipinski definition) is 3. The second kappa shape index (κ2) is 5.58. The summed E-state index contributed by atoms with van der Waals surface area (Å²) in [4.78, 5) is 0. The molecule has 0 aliphatic heterocycles. The molecule has 0 rings (SSSR count). The van der Waals surface area contributed by atoms with Crippen LogP contribution in [0.1, 0.15) is 34.1 Å². The summed E-state index contributed by atoms with van der Waals surface area (Å²) in [5.74, 6) is 0. The quantitative estimate of drug-likeness (QED) is 0.598. The standard InChI is InChI=1S/C10H23NO2/c1-8(12)6-11-7-9(13)5-10(2,3)4/h8-9,11-13H,5-7H2,1-4H3/t8-,9?/m0/s1. The van der Waals surface area contributed by atoms with Crippen molar-refractivity contribution in [1.82, 2.24) is 5.32 Å². The predicted molar refractivity (Wildman–Crippen MR) is 54.6 cm³/mol. The normalized spacial score (nSPS) is 17.1. The second-order valence-corrected chi connectivity index (χ2v) is 4.93. The zero-order valence-corrected chi connectivity index (χ0v) is 9.17.